The summed E-state index contributed by atoms with van der Waals surface area (Å²) in [7, 11) is 4.28. The second kappa shape index (κ2) is 7.61. The zero-order chi connectivity index (χ0) is 19.2. The molecule has 0 bridgehead atoms. The van der Waals surface area contributed by atoms with Crippen LogP contribution < -0.4 is 0 Å². The molecule has 4 rings (SSSR count). The maximum absolute atomic E-state index is 10.6. The highest BCUT2D eigenvalue weighted by Gasteiger charge is 2.60. The lowest BCUT2D eigenvalue weighted by Crippen LogP contribution is -2.54. The van der Waals surface area contributed by atoms with Gasteiger partial charge in [-0.05, 0) is 119 Å². The van der Waals surface area contributed by atoms with Crippen molar-refractivity contribution >= 4 is 0 Å². The Morgan fingerprint density at radius 2 is 1.67 bits per heavy atom. The molecule has 0 heterocycles. The minimum atomic E-state index is -0.0414. The summed E-state index contributed by atoms with van der Waals surface area (Å²) < 4.78 is 6.30. The molecule has 4 saturated carbocycles. The third kappa shape index (κ3) is 3.51. The molecule has 27 heavy (non-hydrogen) atoms. The zero-order valence-electron chi connectivity index (χ0n) is 18.3. The predicted molar refractivity (Wildman–Crippen MR) is 111 cm³/mol. The molecular formula is C24H43NO2. The Labute approximate surface area is 167 Å². The molecule has 0 radical (unpaired) electrons. The van der Waals surface area contributed by atoms with Crippen molar-refractivity contribution < 1.29 is 9.84 Å². The third-order valence-corrected chi connectivity index (χ3v) is 9.67. The van der Waals surface area contributed by atoms with Gasteiger partial charge >= 0.3 is 0 Å². The first kappa shape index (κ1) is 20.2. The molecule has 4 aliphatic rings. The molecule has 0 aromatic rings. The van der Waals surface area contributed by atoms with E-state index in [1.807, 2.05) is 0 Å². The largest absolute Gasteiger partial charge is 0.393 e. The summed E-state index contributed by atoms with van der Waals surface area (Å²) >= 11 is 0. The van der Waals surface area contributed by atoms with Crippen molar-refractivity contribution in [3.63, 3.8) is 0 Å². The second-order valence-electron chi connectivity index (χ2n) is 11.2. The van der Waals surface area contributed by atoms with Gasteiger partial charge < -0.3 is 14.7 Å². The Hall–Kier alpha value is -0.120. The Morgan fingerprint density at radius 1 is 0.926 bits per heavy atom. The van der Waals surface area contributed by atoms with Crippen LogP contribution in [0.25, 0.3) is 0 Å². The number of hydrogen-bond acceptors (Lipinski definition) is 3. The smallest absolute Gasteiger partial charge is 0.0596 e. The first-order valence-corrected chi connectivity index (χ1v) is 11.8. The van der Waals surface area contributed by atoms with Gasteiger partial charge in [-0.3, -0.25) is 0 Å². The van der Waals surface area contributed by atoms with Crippen LogP contribution in [-0.2, 0) is 4.74 Å². The number of hydrogen-bond donors (Lipinski definition) is 1. The van der Waals surface area contributed by atoms with Gasteiger partial charge in [0.1, 0.15) is 0 Å². The molecule has 4 fully saturated rings. The van der Waals surface area contributed by atoms with Crippen LogP contribution in [0.2, 0.25) is 0 Å². The van der Waals surface area contributed by atoms with Crippen LogP contribution in [0.3, 0.4) is 0 Å². The third-order valence-electron chi connectivity index (χ3n) is 9.67. The predicted octanol–water partition coefficient (Wildman–Crippen LogP) is 4.73. The Kier molecular flexibility index (Phi) is 5.68. The van der Waals surface area contributed by atoms with E-state index in [2.05, 4.69) is 32.8 Å². The van der Waals surface area contributed by atoms with Gasteiger partial charge in [0.2, 0.25) is 0 Å². The highest BCUT2D eigenvalue weighted by atomic mass is 16.5. The highest BCUT2D eigenvalue weighted by molar-refractivity contribution is 5.09. The Morgan fingerprint density at radius 3 is 2.44 bits per heavy atom. The lowest BCUT2D eigenvalue weighted by molar-refractivity contribution is -0.140. The van der Waals surface area contributed by atoms with E-state index in [0.29, 0.717) is 11.5 Å². The fourth-order valence-corrected chi connectivity index (χ4v) is 7.97. The average molecular weight is 378 g/mol. The molecule has 0 aromatic carbocycles. The summed E-state index contributed by atoms with van der Waals surface area (Å²) in [5.41, 5.74) is 0.748. The van der Waals surface area contributed by atoms with Gasteiger partial charge in [0.15, 0.2) is 0 Å². The molecule has 0 amide bonds. The first-order valence-electron chi connectivity index (χ1n) is 11.8. The van der Waals surface area contributed by atoms with Crippen molar-refractivity contribution in [2.24, 2.45) is 34.5 Å². The second-order valence-corrected chi connectivity index (χ2v) is 11.2. The number of ether oxygens (including phenoxy) is 1. The van der Waals surface area contributed by atoms with Gasteiger partial charge in [0.05, 0.1) is 12.2 Å². The van der Waals surface area contributed by atoms with Gasteiger partial charge in [0, 0.05) is 6.61 Å². The van der Waals surface area contributed by atoms with Gasteiger partial charge in [-0.2, -0.15) is 0 Å². The van der Waals surface area contributed by atoms with Crippen LogP contribution in [0.1, 0.15) is 78.1 Å². The quantitative estimate of drug-likeness (QED) is 0.703. The van der Waals surface area contributed by atoms with E-state index in [0.717, 1.165) is 49.7 Å². The molecular weight excluding hydrogens is 334 g/mol. The van der Waals surface area contributed by atoms with Crippen LogP contribution in [0.15, 0.2) is 0 Å². The minimum absolute atomic E-state index is 0.0414. The van der Waals surface area contributed by atoms with E-state index in [1.54, 1.807) is 0 Å². The van der Waals surface area contributed by atoms with Crippen molar-refractivity contribution in [3.05, 3.63) is 0 Å². The maximum Gasteiger partial charge on any atom is 0.0596 e. The fourth-order valence-electron chi connectivity index (χ4n) is 7.97. The van der Waals surface area contributed by atoms with Gasteiger partial charge in [-0.25, -0.2) is 0 Å². The molecule has 0 aromatic heterocycles. The van der Waals surface area contributed by atoms with Crippen molar-refractivity contribution in [1.82, 2.24) is 4.90 Å². The lowest BCUT2D eigenvalue weighted by Gasteiger charge is -2.60. The van der Waals surface area contributed by atoms with Gasteiger partial charge in [-0.1, -0.05) is 13.8 Å². The molecule has 156 valence electrons. The van der Waals surface area contributed by atoms with Crippen LogP contribution in [0, 0.1) is 34.5 Å². The monoisotopic (exact) mass is 377 g/mol. The van der Waals surface area contributed by atoms with Crippen LogP contribution >= 0.6 is 0 Å². The molecule has 4 aliphatic carbocycles. The number of aliphatic hydroxyl groups is 1. The van der Waals surface area contributed by atoms with Gasteiger partial charge in [-0.15, -0.1) is 0 Å². The summed E-state index contributed by atoms with van der Waals surface area (Å²) in [6.45, 7) is 7.09. The van der Waals surface area contributed by atoms with E-state index in [-0.39, 0.29) is 11.5 Å². The first-order chi connectivity index (χ1) is 12.8. The van der Waals surface area contributed by atoms with Crippen LogP contribution in [0.5, 0.6) is 0 Å². The average Bonchev–Trinajstić information content (AvgIpc) is 2.94. The van der Waals surface area contributed by atoms with E-state index < -0.39 is 0 Å². The zero-order valence-corrected chi connectivity index (χ0v) is 18.3. The molecule has 1 N–H and O–H groups in total. The lowest BCUT2D eigenvalue weighted by atomic mass is 9.45. The highest BCUT2D eigenvalue weighted by Crippen LogP contribution is 2.66. The van der Waals surface area contributed by atoms with Crippen molar-refractivity contribution in [3.8, 4) is 0 Å². The van der Waals surface area contributed by atoms with Gasteiger partial charge in [0.25, 0.3) is 0 Å². The Balaban J connectivity index is 1.38. The van der Waals surface area contributed by atoms with E-state index in [9.17, 15) is 5.11 Å². The number of aliphatic hydroxyl groups excluding tert-OH is 1. The number of rotatable bonds is 5. The van der Waals surface area contributed by atoms with E-state index >= 15 is 0 Å². The summed E-state index contributed by atoms with van der Waals surface area (Å²) in [5.74, 6) is 3.42. The molecule has 0 saturated heterocycles. The fraction of sp³-hybridized carbons (Fsp3) is 1.00. The number of nitrogens with zero attached hydrogens (tertiary/aromatic N) is 1. The molecule has 3 heteroatoms. The number of fused-ring (bicyclic) bond motifs is 5. The maximum atomic E-state index is 10.6. The summed E-state index contributed by atoms with van der Waals surface area (Å²) in [6, 6.07) is 0. The van der Waals surface area contributed by atoms with Crippen molar-refractivity contribution in [2.75, 3.05) is 27.2 Å². The normalized spacial score (nSPS) is 49.6. The van der Waals surface area contributed by atoms with Crippen molar-refractivity contribution in [1.29, 1.82) is 0 Å². The van der Waals surface area contributed by atoms with E-state index in [4.69, 9.17) is 4.74 Å². The standard InChI is InChI=1S/C24H43NO2/c1-23-12-10-18(27-15-5-14-25(3)4)16-17(23)6-7-19-20-8-9-22(26)24(20,2)13-11-21(19)23/h17-22,26H,5-16H2,1-4H3/t17?,18-,19?,20?,21?,22+,23+,24+/m1/s1. The summed E-state index contributed by atoms with van der Waals surface area (Å²) in [4.78, 5) is 2.25. The molecule has 8 atom stereocenters. The molecule has 4 unspecified atom stereocenters. The topological polar surface area (TPSA) is 32.7 Å². The molecule has 0 aliphatic heterocycles. The molecule has 0 spiro atoms. The van der Waals surface area contributed by atoms with Crippen molar-refractivity contribution in [2.45, 2.75) is 90.3 Å². The summed E-state index contributed by atoms with van der Waals surface area (Å²) in [5, 5.41) is 10.6. The van der Waals surface area contributed by atoms with E-state index in [1.165, 1.54) is 51.4 Å². The minimum Gasteiger partial charge on any atom is -0.393 e. The van der Waals surface area contributed by atoms with Crippen LogP contribution in [-0.4, -0.2) is 49.5 Å². The Bertz CT molecular complexity index is 523. The van der Waals surface area contributed by atoms with Crippen LogP contribution in [0.4, 0.5) is 0 Å². The molecule has 3 nitrogen and oxygen atoms in total. The SMILES string of the molecule is CN(C)CCCO[C@@H]1CC[C@@]2(C)C(CCC3C2CC[C@@]2(C)C3CC[C@@H]2O)C1. The summed E-state index contributed by atoms with van der Waals surface area (Å²) in [6.07, 6.45) is 13.3.